The fraction of sp³-hybridized carbons (Fsp3) is 0.455. The number of hydrogen-bond acceptors (Lipinski definition) is 1. The Hall–Kier alpha value is -0.830. The maximum atomic E-state index is 13.3. The number of nitrogens with one attached hydrogen (secondary N) is 1. The Balaban J connectivity index is 2.85. The Labute approximate surface area is 93.4 Å². The van der Waals surface area contributed by atoms with E-state index in [4.69, 9.17) is 11.6 Å². The first-order valence-corrected chi connectivity index (χ1v) is 5.33. The summed E-state index contributed by atoms with van der Waals surface area (Å²) < 4.78 is 26.1. The maximum Gasteiger partial charge on any atom is 0.150 e. The molecule has 0 saturated heterocycles. The minimum atomic E-state index is -0.661. The highest BCUT2D eigenvalue weighted by atomic mass is 35.5. The van der Waals surface area contributed by atoms with Crippen LogP contribution in [-0.4, -0.2) is 6.04 Å². The highest BCUT2D eigenvalue weighted by molar-refractivity contribution is 6.33. The Morgan fingerprint density at radius 3 is 2.60 bits per heavy atom. The number of rotatable bonds is 4. The summed E-state index contributed by atoms with van der Waals surface area (Å²) in [6.07, 6.45) is 1.90. The van der Waals surface area contributed by atoms with Gasteiger partial charge in [0.05, 0.1) is 10.7 Å². The quantitative estimate of drug-likeness (QED) is 0.821. The molecule has 1 aromatic rings. The van der Waals surface area contributed by atoms with Gasteiger partial charge < -0.3 is 5.32 Å². The lowest BCUT2D eigenvalue weighted by Crippen LogP contribution is -2.16. The first-order valence-electron chi connectivity index (χ1n) is 4.95. The molecule has 0 aromatic heterocycles. The van der Waals surface area contributed by atoms with Crippen LogP contribution in [0.5, 0.6) is 0 Å². The van der Waals surface area contributed by atoms with Crippen molar-refractivity contribution in [2.24, 2.45) is 0 Å². The highest BCUT2D eigenvalue weighted by Gasteiger charge is 2.11. The summed E-state index contributed by atoms with van der Waals surface area (Å²) in [5, 5.41) is 3.01. The molecule has 0 aliphatic heterocycles. The van der Waals surface area contributed by atoms with Crippen molar-refractivity contribution in [1.82, 2.24) is 0 Å². The summed E-state index contributed by atoms with van der Waals surface area (Å²) in [7, 11) is 0. The van der Waals surface area contributed by atoms with E-state index < -0.39 is 11.6 Å². The second-order valence-electron chi connectivity index (χ2n) is 3.58. The molecule has 1 N–H and O–H groups in total. The fourth-order valence-electron chi connectivity index (χ4n) is 1.43. The minimum Gasteiger partial charge on any atom is -0.379 e. The average Bonchev–Trinajstić information content (AvgIpc) is 2.11. The van der Waals surface area contributed by atoms with E-state index in [1.54, 1.807) is 0 Å². The summed E-state index contributed by atoms with van der Waals surface area (Å²) in [4.78, 5) is 0. The molecule has 0 spiro atoms. The van der Waals surface area contributed by atoms with Gasteiger partial charge >= 0.3 is 0 Å². The van der Waals surface area contributed by atoms with Gasteiger partial charge in [-0.05, 0) is 19.4 Å². The molecule has 1 rings (SSSR count). The van der Waals surface area contributed by atoms with Crippen LogP contribution in [0.4, 0.5) is 14.5 Å². The van der Waals surface area contributed by atoms with Crippen molar-refractivity contribution in [3.8, 4) is 0 Å². The zero-order valence-corrected chi connectivity index (χ0v) is 9.54. The van der Waals surface area contributed by atoms with Gasteiger partial charge in [0.25, 0.3) is 0 Å². The van der Waals surface area contributed by atoms with Crippen LogP contribution in [0.1, 0.15) is 26.7 Å². The van der Waals surface area contributed by atoms with E-state index >= 15 is 0 Å². The molecule has 0 fully saturated rings. The van der Waals surface area contributed by atoms with Crippen molar-refractivity contribution in [2.45, 2.75) is 32.7 Å². The molecule has 4 heteroatoms. The standard InChI is InChI=1S/C11H14ClF2N/c1-3-4-7(2)15-11-9(12)5-8(13)6-10(11)14/h5-7,15H,3-4H2,1-2H3. The van der Waals surface area contributed by atoms with Crippen molar-refractivity contribution in [1.29, 1.82) is 0 Å². The van der Waals surface area contributed by atoms with E-state index in [1.807, 2.05) is 13.8 Å². The number of halogens is 3. The van der Waals surface area contributed by atoms with Gasteiger partial charge in [0.2, 0.25) is 0 Å². The third-order valence-corrected chi connectivity index (χ3v) is 2.42. The molecule has 0 amide bonds. The molecule has 0 saturated carbocycles. The molecule has 0 heterocycles. The van der Waals surface area contributed by atoms with E-state index in [9.17, 15) is 8.78 Å². The Bertz CT molecular complexity index is 318. The Morgan fingerprint density at radius 1 is 1.40 bits per heavy atom. The van der Waals surface area contributed by atoms with Crippen LogP contribution in [0.2, 0.25) is 5.02 Å². The van der Waals surface area contributed by atoms with Gasteiger partial charge in [-0.25, -0.2) is 8.78 Å². The van der Waals surface area contributed by atoms with E-state index in [0.717, 1.165) is 25.0 Å². The molecule has 15 heavy (non-hydrogen) atoms. The summed E-state index contributed by atoms with van der Waals surface area (Å²) in [5.41, 5.74) is 0.180. The van der Waals surface area contributed by atoms with Crippen molar-refractivity contribution < 1.29 is 8.78 Å². The van der Waals surface area contributed by atoms with Gasteiger partial charge in [-0.1, -0.05) is 24.9 Å². The van der Waals surface area contributed by atoms with Crippen LogP contribution in [0.3, 0.4) is 0 Å². The second-order valence-corrected chi connectivity index (χ2v) is 3.99. The molecule has 1 atom stereocenters. The lowest BCUT2D eigenvalue weighted by atomic mass is 10.2. The molecule has 0 bridgehead atoms. The monoisotopic (exact) mass is 233 g/mol. The highest BCUT2D eigenvalue weighted by Crippen LogP contribution is 2.27. The smallest absolute Gasteiger partial charge is 0.150 e. The summed E-state index contributed by atoms with van der Waals surface area (Å²) in [6.45, 7) is 3.98. The van der Waals surface area contributed by atoms with Crippen LogP contribution in [0.15, 0.2) is 12.1 Å². The number of anilines is 1. The zero-order valence-electron chi connectivity index (χ0n) is 8.78. The molecular weight excluding hydrogens is 220 g/mol. The van der Waals surface area contributed by atoms with Crippen molar-refractivity contribution >= 4 is 17.3 Å². The predicted molar refractivity (Wildman–Crippen MR) is 59.4 cm³/mol. The SMILES string of the molecule is CCCC(C)Nc1c(F)cc(F)cc1Cl. The summed E-state index contributed by atoms with van der Waals surface area (Å²) >= 11 is 5.74. The van der Waals surface area contributed by atoms with E-state index in [-0.39, 0.29) is 16.8 Å². The van der Waals surface area contributed by atoms with Gasteiger partial charge in [0.1, 0.15) is 5.82 Å². The Morgan fingerprint density at radius 2 is 2.07 bits per heavy atom. The molecule has 1 unspecified atom stereocenters. The predicted octanol–water partition coefficient (Wildman–Crippen LogP) is 4.22. The first-order chi connectivity index (χ1) is 7.04. The van der Waals surface area contributed by atoms with Crippen molar-refractivity contribution in [3.05, 3.63) is 28.8 Å². The third kappa shape index (κ3) is 3.34. The maximum absolute atomic E-state index is 13.3. The summed E-state index contributed by atoms with van der Waals surface area (Å²) in [5.74, 6) is -1.31. The molecule has 1 aromatic carbocycles. The average molecular weight is 234 g/mol. The van der Waals surface area contributed by atoms with Crippen molar-refractivity contribution in [2.75, 3.05) is 5.32 Å². The van der Waals surface area contributed by atoms with Gasteiger partial charge in [-0.15, -0.1) is 0 Å². The van der Waals surface area contributed by atoms with Crippen LogP contribution >= 0.6 is 11.6 Å². The van der Waals surface area contributed by atoms with Gasteiger partial charge in [0.15, 0.2) is 5.82 Å². The molecule has 0 aliphatic carbocycles. The zero-order chi connectivity index (χ0) is 11.4. The summed E-state index contributed by atoms with van der Waals surface area (Å²) in [6, 6.07) is 2.05. The fourth-order valence-corrected chi connectivity index (χ4v) is 1.68. The van der Waals surface area contributed by atoms with Gasteiger partial charge in [-0.3, -0.25) is 0 Å². The number of benzene rings is 1. The van der Waals surface area contributed by atoms with Crippen LogP contribution in [0.25, 0.3) is 0 Å². The van der Waals surface area contributed by atoms with Gasteiger partial charge in [0, 0.05) is 12.1 Å². The minimum absolute atomic E-state index is 0.0791. The van der Waals surface area contributed by atoms with Crippen LogP contribution in [-0.2, 0) is 0 Å². The number of hydrogen-bond donors (Lipinski definition) is 1. The van der Waals surface area contributed by atoms with Crippen LogP contribution in [0, 0.1) is 11.6 Å². The van der Waals surface area contributed by atoms with E-state index in [1.165, 1.54) is 0 Å². The largest absolute Gasteiger partial charge is 0.379 e. The molecular formula is C11H14ClF2N. The van der Waals surface area contributed by atoms with Crippen LogP contribution < -0.4 is 5.32 Å². The first kappa shape index (κ1) is 12.2. The normalized spacial score (nSPS) is 12.6. The van der Waals surface area contributed by atoms with Gasteiger partial charge in [-0.2, -0.15) is 0 Å². The molecule has 0 radical (unpaired) electrons. The molecule has 84 valence electrons. The lowest BCUT2D eigenvalue weighted by molar-refractivity contribution is 0.581. The third-order valence-electron chi connectivity index (χ3n) is 2.12. The van der Waals surface area contributed by atoms with E-state index in [0.29, 0.717) is 0 Å². The molecule has 1 nitrogen and oxygen atoms in total. The lowest BCUT2D eigenvalue weighted by Gasteiger charge is -2.16. The topological polar surface area (TPSA) is 12.0 Å². The van der Waals surface area contributed by atoms with E-state index in [2.05, 4.69) is 5.32 Å². The Kier molecular flexibility index (Phi) is 4.33. The second kappa shape index (κ2) is 5.31. The van der Waals surface area contributed by atoms with Crippen molar-refractivity contribution in [3.63, 3.8) is 0 Å². The molecule has 0 aliphatic rings.